The number of nitrogens with two attached hydrogens (primary N) is 1. The summed E-state index contributed by atoms with van der Waals surface area (Å²) in [6.07, 6.45) is 5.19. The van der Waals surface area contributed by atoms with Crippen molar-refractivity contribution in [1.29, 1.82) is 0 Å². The number of amides is 8. The van der Waals surface area contributed by atoms with Gasteiger partial charge < -0.3 is 39.9 Å². The third-order valence-electron chi connectivity index (χ3n) is 17.2. The molecular weight excluding hydrogens is 1190 g/mol. The van der Waals surface area contributed by atoms with Gasteiger partial charge in [0.05, 0.1) is 12.1 Å². The molecule has 5 N–H and O–H groups in total. The Morgan fingerprint density at radius 3 is 2.06 bits per heavy atom. The van der Waals surface area contributed by atoms with Crippen molar-refractivity contribution < 1.29 is 76.4 Å². The zero-order chi connectivity index (χ0) is 66.0. The van der Waals surface area contributed by atoms with Crippen molar-refractivity contribution >= 4 is 84.0 Å². The number of ether oxygens (including phenoxy) is 1. The number of phosphoric ester groups is 1. The van der Waals surface area contributed by atoms with Crippen molar-refractivity contribution in [3.05, 3.63) is 58.1 Å². The zero-order valence-electron chi connectivity index (χ0n) is 53.1. The highest BCUT2D eigenvalue weighted by molar-refractivity contribution is 7.46. The number of primary amides is 1. The summed E-state index contributed by atoms with van der Waals surface area (Å²) in [7, 11) is 0.0693. The van der Waals surface area contributed by atoms with Gasteiger partial charge in [0.15, 0.2) is 17.7 Å². The Bertz CT molecular complexity index is 2910. The predicted octanol–water partition coefficient (Wildman–Crippen LogP) is 5.02. The fourth-order valence-corrected chi connectivity index (χ4v) is 12.9. The van der Waals surface area contributed by atoms with Crippen molar-refractivity contribution in [2.75, 3.05) is 60.4 Å². The van der Waals surface area contributed by atoms with E-state index < -0.39 is 103 Å². The molecule has 25 nitrogen and oxygen atoms in total. The fourth-order valence-electron chi connectivity index (χ4n) is 11.7. The molecule has 0 bridgehead atoms. The van der Waals surface area contributed by atoms with Crippen LogP contribution in [-0.2, 0) is 63.7 Å². The second kappa shape index (κ2) is 33.9. The van der Waals surface area contributed by atoms with Crippen LogP contribution in [0.3, 0.4) is 0 Å². The molecule has 27 heteroatoms. The molecule has 2 saturated heterocycles. The molecule has 1 aromatic heterocycles. The highest BCUT2D eigenvalue weighted by atomic mass is 32.1. The highest BCUT2D eigenvalue weighted by Gasteiger charge is 2.40. The lowest BCUT2D eigenvalue weighted by Gasteiger charge is -2.37. The Morgan fingerprint density at radius 2 is 1.48 bits per heavy atom. The Hall–Kier alpha value is -6.73. The molecule has 3 aliphatic rings. The second-order valence-electron chi connectivity index (χ2n) is 24.5. The molecule has 0 spiro atoms. The van der Waals surface area contributed by atoms with E-state index in [4.69, 9.17) is 15.0 Å². The van der Waals surface area contributed by atoms with Crippen LogP contribution in [0.1, 0.15) is 159 Å². The minimum atomic E-state index is -4.95. The van der Waals surface area contributed by atoms with Gasteiger partial charge in [-0.3, -0.25) is 72.3 Å². The van der Waals surface area contributed by atoms with Crippen molar-refractivity contribution in [2.45, 2.75) is 169 Å². The zero-order valence-corrected chi connectivity index (χ0v) is 54.8. The number of nitrogens with zero attached hydrogens (tertiary/aromatic N) is 7. The van der Waals surface area contributed by atoms with Crippen molar-refractivity contribution in [3.8, 4) is 5.75 Å². The number of ketones is 2. The predicted molar refractivity (Wildman–Crippen MR) is 330 cm³/mol. The van der Waals surface area contributed by atoms with E-state index in [0.717, 1.165) is 42.0 Å². The Labute approximate surface area is 526 Å². The van der Waals surface area contributed by atoms with Crippen LogP contribution in [0.15, 0.2) is 41.8 Å². The highest BCUT2D eigenvalue weighted by Crippen LogP contribution is 2.38. The third-order valence-corrected chi connectivity index (χ3v) is 18.6. The number of hydrogen-bond acceptors (Lipinski definition) is 17. The van der Waals surface area contributed by atoms with Gasteiger partial charge in [0.25, 0.3) is 17.7 Å². The number of unbranched alkanes of at least 4 members (excludes halogenated alkanes) is 1. The first-order valence-electron chi connectivity index (χ1n) is 30.9. The number of thiazole rings is 1. The molecule has 4 heterocycles. The van der Waals surface area contributed by atoms with Crippen LogP contribution in [0.5, 0.6) is 5.75 Å². The summed E-state index contributed by atoms with van der Waals surface area (Å²) in [5, 5.41) is 4.59. The molecule has 0 aliphatic carbocycles. The van der Waals surface area contributed by atoms with Crippen LogP contribution in [0.2, 0.25) is 0 Å². The van der Waals surface area contributed by atoms with Gasteiger partial charge >= 0.3 is 13.8 Å². The number of benzene rings is 1. The largest absolute Gasteiger partial charge is 0.524 e. The molecule has 2 aromatic rings. The van der Waals surface area contributed by atoms with E-state index >= 15 is 4.79 Å². The minimum Gasteiger partial charge on any atom is -0.455 e. The smallest absolute Gasteiger partial charge is 0.455 e. The summed E-state index contributed by atoms with van der Waals surface area (Å²) in [4.78, 5) is 181. The van der Waals surface area contributed by atoms with Gasteiger partial charge in [-0.15, -0.1) is 11.3 Å². The van der Waals surface area contributed by atoms with Gasteiger partial charge in [0.1, 0.15) is 22.5 Å². The molecule has 8 atom stereocenters. The average molecular weight is 1280 g/mol. The number of piperazine rings is 1. The lowest BCUT2D eigenvalue weighted by atomic mass is 9.83. The van der Waals surface area contributed by atoms with E-state index in [-0.39, 0.29) is 142 Å². The number of likely N-dealkylation sites (N-methyl/N-ethyl adjacent to an activating group) is 2. The maximum atomic E-state index is 15.0. The lowest BCUT2D eigenvalue weighted by molar-refractivity contribution is -0.150. The second-order valence-corrected chi connectivity index (χ2v) is 26.5. The molecule has 89 heavy (non-hydrogen) atoms. The van der Waals surface area contributed by atoms with Crippen molar-refractivity contribution in [2.24, 2.45) is 35.3 Å². The lowest BCUT2D eigenvalue weighted by Crippen LogP contribution is -2.57. The fraction of sp³-hybridized carbons (Fsp3) is 0.645. The number of carbonyl (C=O) groups is 11. The average Bonchev–Trinajstić information content (AvgIpc) is 3.18. The first-order valence-corrected chi connectivity index (χ1v) is 33.3. The summed E-state index contributed by atoms with van der Waals surface area (Å²) < 4.78 is 22.3. The maximum absolute atomic E-state index is 15.0. The number of likely N-dealkylation sites (tertiary alicyclic amines) is 1. The van der Waals surface area contributed by atoms with Gasteiger partial charge in [0, 0.05) is 121 Å². The number of rotatable bonds is 34. The first-order chi connectivity index (χ1) is 41.9. The van der Waals surface area contributed by atoms with Gasteiger partial charge in [-0.25, -0.2) is 9.55 Å². The summed E-state index contributed by atoms with van der Waals surface area (Å²) in [6, 6.07) is 2.33. The molecule has 0 radical (unpaired) electrons. The minimum absolute atomic E-state index is 0.00101. The molecule has 1 aromatic carbocycles. The van der Waals surface area contributed by atoms with Crippen LogP contribution in [0.4, 0.5) is 0 Å². The van der Waals surface area contributed by atoms with Gasteiger partial charge in [0.2, 0.25) is 29.5 Å². The number of piperidine rings is 1. The van der Waals surface area contributed by atoms with E-state index in [1.807, 2.05) is 34.7 Å². The normalized spacial score (nSPS) is 18.0. The number of phosphoric acid groups is 1. The standard InChI is InChI=1S/C62H92N9O16PS/c1-11-40(6)45(35-51(74)47-18-14-15-27-66(47)8)60(80)67(9)48(38(2)3)36-52(86-41(7)72)59-64-46(37-89-59)61(81)68(10)49(33-42-21-23-44(24-22-42)87-88(83,84)85)50(73)34-43(17-12-13-19-53(63)75)58(79)65-57(39(4)5)62(82)70-31-29-69(30-32-70)54(76)20-16-28-71-55(77)25-26-56(71)78/h21-26,37-40,43,45,47-49,52,57H,11-20,27-36H2,1-10H3,(H2,63,75)(H,65,79)(H2,83,84,85)/t40-,43+,45?,47?,48+,49-,52+,57-/m0/s1. The van der Waals surface area contributed by atoms with Crippen molar-refractivity contribution in [3.63, 3.8) is 0 Å². The number of imide groups is 1. The van der Waals surface area contributed by atoms with E-state index in [9.17, 15) is 62.3 Å². The quantitative estimate of drug-likeness (QED) is 0.0309. The number of carbonyl (C=O) groups excluding carboxylic acids is 11. The topological polar surface area (TPSA) is 334 Å². The van der Waals surface area contributed by atoms with E-state index in [1.165, 1.54) is 60.7 Å². The first kappa shape index (κ1) is 73.0. The number of aromatic nitrogens is 1. The van der Waals surface area contributed by atoms with Gasteiger partial charge in [-0.1, -0.05) is 72.9 Å². The molecule has 2 fully saturated rings. The van der Waals surface area contributed by atoms with E-state index in [1.54, 1.807) is 35.6 Å². The number of esters is 1. The molecule has 492 valence electrons. The molecule has 5 rings (SSSR count). The van der Waals surface area contributed by atoms with Crippen LogP contribution in [0.25, 0.3) is 0 Å². The van der Waals surface area contributed by atoms with Crippen LogP contribution in [0, 0.1) is 29.6 Å². The SMILES string of the molecule is CC[C@H](C)C(CC(=O)C1CCCCN1C)C(=O)N(C)[C@H](C[C@@H](OC(C)=O)c1nc(C(=O)N(C)[C@@H](Cc2ccc(OP(=O)(O)O)cc2)C(=O)C[C@@H](CCCCC(N)=O)C(=O)N[C@H](C(=O)N2CCN(C(=O)CCCN3C(=O)C=CC3=O)CC2)C(C)C)cs1)C(C)C. The Morgan fingerprint density at radius 1 is 0.843 bits per heavy atom. The van der Waals surface area contributed by atoms with Crippen LogP contribution < -0.4 is 15.6 Å². The van der Waals surface area contributed by atoms with Crippen LogP contribution in [-0.4, -0.2) is 194 Å². The van der Waals surface area contributed by atoms with Gasteiger partial charge in [-0.05, 0) is 87.6 Å². The molecule has 3 aliphatic heterocycles. The van der Waals surface area contributed by atoms with E-state index in [0.29, 0.717) is 12.0 Å². The van der Waals surface area contributed by atoms with E-state index in [2.05, 4.69) is 15.2 Å². The van der Waals surface area contributed by atoms with Crippen molar-refractivity contribution in [1.82, 2.24) is 39.7 Å². The number of nitrogens with one attached hydrogen (secondary N) is 1. The third kappa shape index (κ3) is 21.5. The molecule has 0 saturated carbocycles. The maximum Gasteiger partial charge on any atom is 0.524 e. The summed E-state index contributed by atoms with van der Waals surface area (Å²) in [6.45, 7) is 14.2. The number of Topliss-reactive ketones (excluding diaryl/α,β-unsaturated/α-hetero) is 2. The summed E-state index contributed by atoms with van der Waals surface area (Å²) in [5.74, 6) is -7.41. The monoisotopic (exact) mass is 1280 g/mol. The Balaban J connectivity index is 1.38. The Kier molecular flexibility index (Phi) is 27.8. The summed E-state index contributed by atoms with van der Waals surface area (Å²) in [5.41, 5.74) is 5.76. The van der Waals surface area contributed by atoms with Crippen LogP contribution >= 0.6 is 19.2 Å². The molecular formula is C62H92N9O16PS. The van der Waals surface area contributed by atoms with Gasteiger partial charge in [-0.2, -0.15) is 0 Å². The molecule has 2 unspecified atom stereocenters. The summed E-state index contributed by atoms with van der Waals surface area (Å²) >= 11 is 1.04. The number of hydrogen-bond donors (Lipinski definition) is 4. The molecule has 8 amide bonds.